The fourth-order valence-corrected chi connectivity index (χ4v) is 3.73. The lowest BCUT2D eigenvalue weighted by Gasteiger charge is -2.19. The minimum Gasteiger partial charge on any atom is -0.467 e. The van der Waals surface area contributed by atoms with Crippen LogP contribution in [0, 0.1) is 5.92 Å². The summed E-state index contributed by atoms with van der Waals surface area (Å²) in [5, 5.41) is 5.14. The van der Waals surface area contributed by atoms with Crippen LogP contribution in [-0.4, -0.2) is 17.0 Å². The van der Waals surface area contributed by atoms with Crippen LogP contribution >= 0.6 is 11.8 Å². The number of hydrogen-bond donors (Lipinski definition) is 1. The van der Waals surface area contributed by atoms with Gasteiger partial charge in [-0.25, -0.2) is 0 Å². The summed E-state index contributed by atoms with van der Waals surface area (Å²) in [5.41, 5.74) is 0. The number of nitrogens with one attached hydrogen (secondary N) is 1. The molecule has 1 aliphatic rings. The molecule has 0 amide bonds. The maximum atomic E-state index is 5.40. The molecule has 18 heavy (non-hydrogen) atoms. The Labute approximate surface area is 113 Å². The van der Waals surface area contributed by atoms with Gasteiger partial charge in [0.05, 0.1) is 18.8 Å². The van der Waals surface area contributed by atoms with Crippen molar-refractivity contribution in [1.29, 1.82) is 0 Å². The Balaban J connectivity index is 1.86. The van der Waals surface area contributed by atoms with Gasteiger partial charge in [-0.2, -0.15) is 0 Å². The number of aliphatic imine (C=N–C) groups is 1. The molecule has 3 nitrogen and oxygen atoms in total. The molecule has 1 aromatic rings. The molecule has 0 saturated carbocycles. The van der Waals surface area contributed by atoms with E-state index in [-0.39, 0.29) is 6.04 Å². The monoisotopic (exact) mass is 266 g/mol. The second-order valence-corrected chi connectivity index (χ2v) is 5.99. The summed E-state index contributed by atoms with van der Waals surface area (Å²) in [6.07, 6.45) is 4.19. The normalized spacial score (nSPS) is 21.1. The lowest BCUT2D eigenvalue weighted by atomic mass is 9.99. The van der Waals surface area contributed by atoms with Gasteiger partial charge in [0.1, 0.15) is 5.76 Å². The highest BCUT2D eigenvalue weighted by molar-refractivity contribution is 8.14. The number of rotatable bonds is 5. The second kappa shape index (κ2) is 6.32. The third-order valence-electron chi connectivity index (χ3n) is 3.56. The van der Waals surface area contributed by atoms with Crippen LogP contribution in [0.5, 0.6) is 0 Å². The number of furan rings is 1. The lowest BCUT2D eigenvalue weighted by molar-refractivity contribution is 0.464. The van der Waals surface area contributed by atoms with Gasteiger partial charge in [0, 0.05) is 5.25 Å². The fourth-order valence-electron chi connectivity index (χ4n) is 2.32. The van der Waals surface area contributed by atoms with Crippen LogP contribution in [0.2, 0.25) is 0 Å². The highest BCUT2D eigenvalue weighted by Gasteiger charge is 2.26. The molecule has 0 bridgehead atoms. The van der Waals surface area contributed by atoms with Gasteiger partial charge < -0.3 is 9.73 Å². The molecule has 0 radical (unpaired) electrons. The summed E-state index contributed by atoms with van der Waals surface area (Å²) in [4.78, 5) is 4.61. The Hall–Kier alpha value is -0.900. The van der Waals surface area contributed by atoms with Gasteiger partial charge in [-0.05, 0) is 25.0 Å². The standard InChI is InChI=1S/C14H22N2OS/c1-4-11(5-2)13-9-15-14(18-13)16-10(3)12-7-6-8-17-12/h6-8,10-11,13H,4-5,9H2,1-3H3,(H,15,16). The van der Waals surface area contributed by atoms with Crippen molar-refractivity contribution in [3.05, 3.63) is 24.2 Å². The van der Waals surface area contributed by atoms with E-state index in [0.717, 1.165) is 23.4 Å². The van der Waals surface area contributed by atoms with Crippen molar-refractivity contribution in [1.82, 2.24) is 5.32 Å². The minimum absolute atomic E-state index is 0.187. The summed E-state index contributed by atoms with van der Waals surface area (Å²) in [6, 6.07) is 4.10. The predicted octanol–water partition coefficient (Wildman–Crippen LogP) is 3.84. The van der Waals surface area contributed by atoms with Gasteiger partial charge in [0.15, 0.2) is 5.17 Å². The van der Waals surface area contributed by atoms with Gasteiger partial charge in [0.2, 0.25) is 0 Å². The zero-order valence-corrected chi connectivity index (χ0v) is 12.2. The number of hydrogen-bond acceptors (Lipinski definition) is 4. The van der Waals surface area contributed by atoms with Gasteiger partial charge in [-0.1, -0.05) is 38.5 Å². The van der Waals surface area contributed by atoms with Crippen molar-refractivity contribution in [2.75, 3.05) is 6.54 Å². The first-order valence-electron chi connectivity index (χ1n) is 6.75. The molecule has 0 aliphatic carbocycles. The van der Waals surface area contributed by atoms with E-state index in [4.69, 9.17) is 4.42 Å². The molecule has 0 spiro atoms. The highest BCUT2D eigenvalue weighted by Crippen LogP contribution is 2.31. The van der Waals surface area contributed by atoms with E-state index in [1.165, 1.54) is 12.8 Å². The van der Waals surface area contributed by atoms with Crippen LogP contribution in [0.15, 0.2) is 27.8 Å². The van der Waals surface area contributed by atoms with Crippen molar-refractivity contribution in [3.8, 4) is 0 Å². The first kappa shape index (κ1) is 13.5. The van der Waals surface area contributed by atoms with Crippen molar-refractivity contribution >= 4 is 16.9 Å². The van der Waals surface area contributed by atoms with Crippen LogP contribution in [0.1, 0.15) is 45.4 Å². The predicted molar refractivity (Wildman–Crippen MR) is 78.0 cm³/mol. The second-order valence-electron chi connectivity index (χ2n) is 4.76. The van der Waals surface area contributed by atoms with E-state index in [1.54, 1.807) is 6.26 Å². The van der Waals surface area contributed by atoms with Crippen LogP contribution in [0.4, 0.5) is 0 Å². The van der Waals surface area contributed by atoms with Gasteiger partial charge in [0.25, 0.3) is 0 Å². The fraction of sp³-hybridized carbons (Fsp3) is 0.643. The summed E-state index contributed by atoms with van der Waals surface area (Å²) >= 11 is 1.89. The van der Waals surface area contributed by atoms with E-state index in [9.17, 15) is 0 Å². The third kappa shape index (κ3) is 3.10. The average Bonchev–Trinajstić information content (AvgIpc) is 3.01. The molecule has 2 heterocycles. The highest BCUT2D eigenvalue weighted by atomic mass is 32.2. The van der Waals surface area contributed by atoms with Gasteiger partial charge in [-0.15, -0.1) is 0 Å². The minimum atomic E-state index is 0.187. The summed E-state index contributed by atoms with van der Waals surface area (Å²) in [6.45, 7) is 7.59. The van der Waals surface area contributed by atoms with Gasteiger partial charge >= 0.3 is 0 Å². The molecule has 1 N–H and O–H groups in total. The van der Waals surface area contributed by atoms with E-state index in [1.807, 2.05) is 23.9 Å². The smallest absolute Gasteiger partial charge is 0.157 e. The Bertz CT molecular complexity index is 385. The van der Waals surface area contributed by atoms with E-state index in [2.05, 4.69) is 31.1 Å². The molecule has 2 unspecified atom stereocenters. The number of thioether (sulfide) groups is 1. The Morgan fingerprint density at radius 1 is 1.50 bits per heavy atom. The molecular formula is C14H22N2OS. The largest absolute Gasteiger partial charge is 0.467 e. The quantitative estimate of drug-likeness (QED) is 0.880. The first-order chi connectivity index (χ1) is 8.74. The number of nitrogens with zero attached hydrogens (tertiary/aromatic N) is 1. The molecule has 0 saturated heterocycles. The SMILES string of the molecule is CCC(CC)C1CN=C(NC(C)c2ccco2)S1. The Morgan fingerprint density at radius 3 is 2.89 bits per heavy atom. The molecule has 1 aromatic heterocycles. The van der Waals surface area contributed by atoms with Gasteiger partial charge in [-0.3, -0.25) is 4.99 Å². The maximum Gasteiger partial charge on any atom is 0.157 e. The molecule has 0 fully saturated rings. The van der Waals surface area contributed by atoms with Crippen LogP contribution in [0.3, 0.4) is 0 Å². The number of amidine groups is 1. The Morgan fingerprint density at radius 2 is 2.28 bits per heavy atom. The molecule has 1 aliphatic heterocycles. The van der Waals surface area contributed by atoms with Crippen LogP contribution < -0.4 is 5.32 Å². The van der Waals surface area contributed by atoms with E-state index in [0.29, 0.717) is 5.25 Å². The molecule has 2 atom stereocenters. The first-order valence-corrected chi connectivity index (χ1v) is 7.63. The van der Waals surface area contributed by atoms with Crippen molar-refractivity contribution in [3.63, 3.8) is 0 Å². The van der Waals surface area contributed by atoms with Crippen LogP contribution in [-0.2, 0) is 0 Å². The zero-order valence-electron chi connectivity index (χ0n) is 11.3. The molecule has 0 aromatic carbocycles. The van der Waals surface area contributed by atoms with Crippen LogP contribution in [0.25, 0.3) is 0 Å². The van der Waals surface area contributed by atoms with E-state index >= 15 is 0 Å². The van der Waals surface area contributed by atoms with Crippen molar-refractivity contribution in [2.45, 2.75) is 44.9 Å². The van der Waals surface area contributed by atoms with E-state index < -0.39 is 0 Å². The van der Waals surface area contributed by atoms with Crippen molar-refractivity contribution < 1.29 is 4.42 Å². The van der Waals surface area contributed by atoms with Crippen molar-refractivity contribution in [2.24, 2.45) is 10.9 Å². The molecule has 4 heteroatoms. The maximum absolute atomic E-state index is 5.40. The molecule has 100 valence electrons. The average molecular weight is 266 g/mol. The summed E-state index contributed by atoms with van der Waals surface area (Å²) < 4.78 is 5.40. The zero-order chi connectivity index (χ0) is 13.0. The third-order valence-corrected chi connectivity index (χ3v) is 4.87. The lowest BCUT2D eigenvalue weighted by Crippen LogP contribution is -2.24. The molecular weight excluding hydrogens is 244 g/mol. The molecule has 2 rings (SSSR count). The Kier molecular flexibility index (Phi) is 4.75. The summed E-state index contributed by atoms with van der Waals surface area (Å²) in [7, 11) is 0. The summed E-state index contributed by atoms with van der Waals surface area (Å²) in [5.74, 6) is 1.74. The topological polar surface area (TPSA) is 37.5 Å².